The van der Waals surface area contributed by atoms with Crippen LogP contribution in [0.25, 0.3) is 10.9 Å². The molecule has 0 saturated carbocycles. The van der Waals surface area contributed by atoms with Gasteiger partial charge < -0.3 is 15.0 Å². The Morgan fingerprint density at radius 1 is 1.38 bits per heavy atom. The fourth-order valence-electron chi connectivity index (χ4n) is 2.51. The summed E-state index contributed by atoms with van der Waals surface area (Å²) < 4.78 is 5.63. The van der Waals surface area contributed by atoms with Crippen LogP contribution in [0.5, 0.6) is 0 Å². The van der Waals surface area contributed by atoms with Crippen LogP contribution in [0.3, 0.4) is 0 Å². The molecule has 0 aliphatic carbocycles. The number of pyridine rings is 1. The Morgan fingerprint density at radius 2 is 2.24 bits per heavy atom. The van der Waals surface area contributed by atoms with E-state index >= 15 is 0 Å². The van der Waals surface area contributed by atoms with Crippen LogP contribution in [0.1, 0.15) is 10.5 Å². The number of nitrogens with one attached hydrogen (secondary N) is 1. The van der Waals surface area contributed by atoms with Gasteiger partial charge in [-0.3, -0.25) is 4.79 Å². The normalized spacial score (nSPS) is 18.6. The van der Waals surface area contributed by atoms with E-state index in [1.165, 1.54) is 0 Å². The van der Waals surface area contributed by atoms with Gasteiger partial charge in [-0.2, -0.15) is 0 Å². The number of rotatable bonds is 3. The van der Waals surface area contributed by atoms with Crippen LogP contribution in [0, 0.1) is 0 Å². The molecule has 0 spiro atoms. The Balaban J connectivity index is 1.72. The second-order valence-electron chi connectivity index (χ2n) is 5.27. The highest BCUT2D eigenvalue weighted by Gasteiger charge is 2.20. The fraction of sp³-hybridized carbons (Fsp3) is 0.375. The number of amides is 1. The van der Waals surface area contributed by atoms with Gasteiger partial charge in [-0.15, -0.1) is 0 Å². The van der Waals surface area contributed by atoms with E-state index in [1.54, 1.807) is 18.0 Å². The molecule has 0 radical (unpaired) electrons. The molecule has 3 rings (SSSR count). The lowest BCUT2D eigenvalue weighted by Crippen LogP contribution is -2.45. The first-order valence-corrected chi connectivity index (χ1v) is 7.17. The number of morpholine rings is 1. The van der Waals surface area contributed by atoms with Gasteiger partial charge in [-0.25, -0.2) is 4.98 Å². The molecule has 1 aromatic heterocycles. The summed E-state index contributed by atoms with van der Waals surface area (Å²) >= 11 is 0. The summed E-state index contributed by atoms with van der Waals surface area (Å²) in [5, 5.41) is 4.30. The molecule has 5 heteroatoms. The van der Waals surface area contributed by atoms with Crippen LogP contribution in [-0.2, 0) is 4.74 Å². The zero-order valence-electron chi connectivity index (χ0n) is 12.1. The zero-order chi connectivity index (χ0) is 14.7. The number of carbonyl (C=O) groups is 1. The molecule has 1 aromatic carbocycles. The lowest BCUT2D eigenvalue weighted by atomic mass is 10.2. The van der Waals surface area contributed by atoms with Crippen molar-refractivity contribution in [1.29, 1.82) is 0 Å². The van der Waals surface area contributed by atoms with Crippen LogP contribution in [0.2, 0.25) is 0 Å². The predicted molar refractivity (Wildman–Crippen MR) is 81.3 cm³/mol. The van der Waals surface area contributed by atoms with Crippen molar-refractivity contribution >= 4 is 16.8 Å². The van der Waals surface area contributed by atoms with E-state index in [4.69, 9.17) is 4.74 Å². The van der Waals surface area contributed by atoms with Crippen molar-refractivity contribution in [2.24, 2.45) is 0 Å². The van der Waals surface area contributed by atoms with Crippen LogP contribution in [-0.4, -0.2) is 55.2 Å². The quantitative estimate of drug-likeness (QED) is 0.923. The maximum atomic E-state index is 12.4. The van der Waals surface area contributed by atoms with Gasteiger partial charge >= 0.3 is 0 Å². The monoisotopic (exact) mass is 285 g/mol. The van der Waals surface area contributed by atoms with E-state index in [9.17, 15) is 4.79 Å². The summed E-state index contributed by atoms with van der Waals surface area (Å²) in [6.07, 6.45) is 0.0492. The number of aromatic nitrogens is 1. The maximum absolute atomic E-state index is 12.4. The SMILES string of the molecule is CN(CC1CNCCO1)C(=O)c1ccc2ccccc2n1. The number of nitrogens with zero attached hydrogens (tertiary/aromatic N) is 2. The van der Waals surface area contributed by atoms with Gasteiger partial charge in [-0.1, -0.05) is 24.3 Å². The average molecular weight is 285 g/mol. The maximum Gasteiger partial charge on any atom is 0.272 e. The minimum Gasteiger partial charge on any atom is -0.374 e. The Bertz CT molecular complexity index is 638. The first-order chi connectivity index (χ1) is 10.2. The van der Waals surface area contributed by atoms with E-state index in [0.29, 0.717) is 18.8 Å². The van der Waals surface area contributed by atoms with Crippen molar-refractivity contribution in [3.63, 3.8) is 0 Å². The molecule has 1 saturated heterocycles. The van der Waals surface area contributed by atoms with Crippen LogP contribution >= 0.6 is 0 Å². The van der Waals surface area contributed by atoms with E-state index in [1.807, 2.05) is 30.3 Å². The van der Waals surface area contributed by atoms with Crippen LogP contribution in [0.4, 0.5) is 0 Å². The third-order valence-corrected chi connectivity index (χ3v) is 3.65. The first kappa shape index (κ1) is 14.0. The zero-order valence-corrected chi connectivity index (χ0v) is 12.1. The molecule has 110 valence electrons. The lowest BCUT2D eigenvalue weighted by molar-refractivity contribution is 0.0102. The van der Waals surface area contributed by atoms with Gasteiger partial charge in [0.2, 0.25) is 0 Å². The van der Waals surface area contributed by atoms with E-state index in [2.05, 4.69) is 10.3 Å². The molecule has 1 N–H and O–H groups in total. The molecule has 21 heavy (non-hydrogen) atoms. The van der Waals surface area contributed by atoms with Crippen LogP contribution < -0.4 is 5.32 Å². The first-order valence-electron chi connectivity index (χ1n) is 7.17. The third-order valence-electron chi connectivity index (χ3n) is 3.65. The van der Waals surface area contributed by atoms with Crippen molar-refractivity contribution in [3.05, 3.63) is 42.1 Å². The lowest BCUT2D eigenvalue weighted by Gasteiger charge is -2.27. The molecule has 0 bridgehead atoms. The number of fused-ring (bicyclic) bond motifs is 1. The standard InChI is InChI=1S/C16H19N3O2/c1-19(11-13-10-17-8-9-21-13)16(20)15-7-6-12-4-2-3-5-14(12)18-15/h2-7,13,17H,8-11H2,1H3. The van der Waals surface area contributed by atoms with Crippen molar-refractivity contribution < 1.29 is 9.53 Å². The molecule has 1 amide bonds. The van der Waals surface area contributed by atoms with E-state index in [-0.39, 0.29) is 12.0 Å². The number of carbonyl (C=O) groups excluding carboxylic acids is 1. The van der Waals surface area contributed by atoms with Crippen molar-refractivity contribution in [2.45, 2.75) is 6.10 Å². The molecule has 2 aromatic rings. The summed E-state index contributed by atoms with van der Waals surface area (Å²) in [6, 6.07) is 11.5. The van der Waals surface area contributed by atoms with E-state index in [0.717, 1.165) is 24.0 Å². The summed E-state index contributed by atoms with van der Waals surface area (Å²) in [5.41, 5.74) is 1.31. The number of hydrogen-bond donors (Lipinski definition) is 1. The van der Waals surface area contributed by atoms with Gasteiger partial charge in [0.25, 0.3) is 5.91 Å². The average Bonchev–Trinajstić information content (AvgIpc) is 2.54. The minimum atomic E-state index is -0.0741. The van der Waals surface area contributed by atoms with Gasteiger partial charge in [0.15, 0.2) is 0 Å². The second kappa shape index (κ2) is 6.20. The van der Waals surface area contributed by atoms with E-state index < -0.39 is 0 Å². The van der Waals surface area contributed by atoms with Gasteiger partial charge in [0, 0.05) is 32.1 Å². The molecular formula is C16H19N3O2. The third kappa shape index (κ3) is 3.20. The highest BCUT2D eigenvalue weighted by molar-refractivity contribution is 5.94. The van der Waals surface area contributed by atoms with Crippen molar-refractivity contribution in [3.8, 4) is 0 Å². The largest absolute Gasteiger partial charge is 0.374 e. The summed E-state index contributed by atoms with van der Waals surface area (Å²) in [5.74, 6) is -0.0741. The number of hydrogen-bond acceptors (Lipinski definition) is 4. The molecular weight excluding hydrogens is 266 g/mol. The van der Waals surface area contributed by atoms with Gasteiger partial charge in [0.1, 0.15) is 5.69 Å². The highest BCUT2D eigenvalue weighted by atomic mass is 16.5. The molecule has 2 heterocycles. The molecule has 1 aliphatic heterocycles. The fourth-order valence-corrected chi connectivity index (χ4v) is 2.51. The number of likely N-dealkylation sites (N-methyl/N-ethyl adjacent to an activating group) is 1. The Kier molecular flexibility index (Phi) is 4.13. The number of benzene rings is 1. The molecule has 1 unspecified atom stereocenters. The van der Waals surface area contributed by atoms with Crippen molar-refractivity contribution in [2.75, 3.05) is 33.3 Å². The Labute approximate surface area is 123 Å². The molecule has 5 nitrogen and oxygen atoms in total. The van der Waals surface area contributed by atoms with Gasteiger partial charge in [0.05, 0.1) is 18.2 Å². The Hall–Kier alpha value is -1.98. The van der Waals surface area contributed by atoms with Gasteiger partial charge in [-0.05, 0) is 12.1 Å². The second-order valence-corrected chi connectivity index (χ2v) is 5.27. The Morgan fingerprint density at radius 3 is 3.05 bits per heavy atom. The molecule has 1 aliphatic rings. The number of para-hydroxylation sites is 1. The molecule has 1 fully saturated rings. The summed E-state index contributed by atoms with van der Waals surface area (Å²) in [7, 11) is 1.79. The number of ether oxygens (including phenoxy) is 1. The highest BCUT2D eigenvalue weighted by Crippen LogP contribution is 2.13. The van der Waals surface area contributed by atoms with Crippen molar-refractivity contribution in [1.82, 2.24) is 15.2 Å². The van der Waals surface area contributed by atoms with Crippen LogP contribution in [0.15, 0.2) is 36.4 Å². The topological polar surface area (TPSA) is 54.5 Å². The summed E-state index contributed by atoms with van der Waals surface area (Å²) in [4.78, 5) is 18.6. The smallest absolute Gasteiger partial charge is 0.272 e. The predicted octanol–water partition coefficient (Wildman–Crippen LogP) is 1.30. The molecule has 1 atom stereocenters. The summed E-state index contributed by atoms with van der Waals surface area (Å²) in [6.45, 7) is 2.92. The minimum absolute atomic E-state index is 0.0492.